The molecule has 1 heterocycles. The monoisotopic (exact) mass is 339 g/mol. The third-order valence-electron chi connectivity index (χ3n) is 4.15. The van der Waals surface area contributed by atoms with E-state index in [9.17, 15) is 9.18 Å². The van der Waals surface area contributed by atoms with Crippen molar-refractivity contribution in [2.24, 2.45) is 0 Å². The summed E-state index contributed by atoms with van der Waals surface area (Å²) in [6, 6.07) is 13.7. The number of carbonyl (C=O) groups is 1. The average molecular weight is 339 g/mol. The van der Waals surface area contributed by atoms with E-state index in [0.29, 0.717) is 12.1 Å². The largest absolute Gasteiger partial charge is 0.352 e. The van der Waals surface area contributed by atoms with E-state index < -0.39 is 0 Å². The van der Waals surface area contributed by atoms with Gasteiger partial charge in [0, 0.05) is 25.1 Å². The molecule has 0 saturated carbocycles. The van der Waals surface area contributed by atoms with E-state index in [2.05, 4.69) is 22.9 Å². The lowest BCUT2D eigenvalue weighted by Gasteiger charge is -2.08. The molecule has 130 valence electrons. The quantitative estimate of drug-likeness (QED) is 0.663. The van der Waals surface area contributed by atoms with Crippen LogP contribution in [0.3, 0.4) is 0 Å². The van der Waals surface area contributed by atoms with E-state index in [1.807, 2.05) is 18.2 Å². The zero-order valence-electron chi connectivity index (χ0n) is 14.3. The van der Waals surface area contributed by atoms with Gasteiger partial charge in [0.2, 0.25) is 0 Å². The van der Waals surface area contributed by atoms with Crippen LogP contribution in [0.2, 0.25) is 0 Å². The molecule has 1 aromatic heterocycles. The first-order valence-electron chi connectivity index (χ1n) is 8.67. The summed E-state index contributed by atoms with van der Waals surface area (Å²) in [6.07, 6.45) is 2.66. The number of para-hydroxylation sites is 2. The molecular formula is C20H22FN3O. The molecule has 4 nitrogen and oxygen atoms in total. The summed E-state index contributed by atoms with van der Waals surface area (Å²) >= 11 is 0. The third-order valence-corrected chi connectivity index (χ3v) is 4.15. The number of aromatic nitrogens is 2. The van der Waals surface area contributed by atoms with Gasteiger partial charge in [-0.1, -0.05) is 19.1 Å². The summed E-state index contributed by atoms with van der Waals surface area (Å²) in [6.45, 7) is 3.66. The zero-order chi connectivity index (χ0) is 17.6. The standard InChI is InChI=1S/C20H22FN3O/c1-2-14-24-18-7-4-3-6-17(18)23-19(24)8-5-13-22-20(25)15-9-11-16(21)12-10-15/h3-4,6-7,9-12H,2,5,8,13-14H2,1H3,(H,22,25). The summed E-state index contributed by atoms with van der Waals surface area (Å²) in [5.41, 5.74) is 2.65. The minimum atomic E-state index is -0.341. The number of halogens is 1. The molecule has 0 bridgehead atoms. The van der Waals surface area contributed by atoms with E-state index >= 15 is 0 Å². The second-order valence-corrected chi connectivity index (χ2v) is 6.03. The second-order valence-electron chi connectivity index (χ2n) is 6.03. The minimum absolute atomic E-state index is 0.179. The van der Waals surface area contributed by atoms with Crippen molar-refractivity contribution in [1.29, 1.82) is 0 Å². The maximum Gasteiger partial charge on any atom is 0.251 e. The lowest BCUT2D eigenvalue weighted by Crippen LogP contribution is -2.25. The first kappa shape index (κ1) is 17.1. The van der Waals surface area contributed by atoms with Gasteiger partial charge in [-0.2, -0.15) is 0 Å². The number of fused-ring (bicyclic) bond motifs is 1. The van der Waals surface area contributed by atoms with Crippen LogP contribution < -0.4 is 5.32 Å². The molecule has 1 amide bonds. The van der Waals surface area contributed by atoms with Gasteiger partial charge in [-0.25, -0.2) is 9.37 Å². The highest BCUT2D eigenvalue weighted by molar-refractivity contribution is 5.94. The van der Waals surface area contributed by atoms with E-state index in [4.69, 9.17) is 4.98 Å². The topological polar surface area (TPSA) is 46.9 Å². The van der Waals surface area contributed by atoms with Crippen LogP contribution >= 0.6 is 0 Å². The van der Waals surface area contributed by atoms with Gasteiger partial charge in [-0.3, -0.25) is 4.79 Å². The highest BCUT2D eigenvalue weighted by atomic mass is 19.1. The molecule has 2 aromatic carbocycles. The Bertz CT molecular complexity index is 855. The van der Waals surface area contributed by atoms with Crippen molar-refractivity contribution < 1.29 is 9.18 Å². The molecule has 1 N–H and O–H groups in total. The molecule has 25 heavy (non-hydrogen) atoms. The Morgan fingerprint density at radius 2 is 1.92 bits per heavy atom. The predicted molar refractivity (Wildman–Crippen MR) is 97.1 cm³/mol. The van der Waals surface area contributed by atoms with Crippen LogP contribution in [-0.4, -0.2) is 22.0 Å². The van der Waals surface area contributed by atoms with Crippen molar-refractivity contribution in [3.8, 4) is 0 Å². The van der Waals surface area contributed by atoms with Crippen LogP contribution in [0.15, 0.2) is 48.5 Å². The number of amides is 1. The van der Waals surface area contributed by atoms with Crippen LogP contribution in [0.5, 0.6) is 0 Å². The number of aryl methyl sites for hydroxylation is 2. The Morgan fingerprint density at radius 1 is 1.16 bits per heavy atom. The maximum atomic E-state index is 12.9. The number of benzene rings is 2. The highest BCUT2D eigenvalue weighted by Gasteiger charge is 2.10. The number of nitrogens with zero attached hydrogens (tertiary/aromatic N) is 2. The first-order valence-corrected chi connectivity index (χ1v) is 8.67. The van der Waals surface area contributed by atoms with E-state index in [0.717, 1.165) is 42.7 Å². The van der Waals surface area contributed by atoms with Crippen molar-refractivity contribution in [3.05, 3.63) is 65.7 Å². The molecule has 3 rings (SSSR count). The summed E-state index contributed by atoms with van der Waals surface area (Å²) in [5, 5.41) is 2.88. The van der Waals surface area contributed by atoms with Gasteiger partial charge in [0.25, 0.3) is 5.91 Å². The van der Waals surface area contributed by atoms with E-state index in [1.165, 1.54) is 24.3 Å². The fourth-order valence-corrected chi connectivity index (χ4v) is 2.94. The Labute approximate surface area is 146 Å². The number of nitrogens with one attached hydrogen (secondary N) is 1. The molecule has 0 aliphatic rings. The molecule has 0 radical (unpaired) electrons. The van der Waals surface area contributed by atoms with Gasteiger partial charge in [0.1, 0.15) is 11.6 Å². The second kappa shape index (κ2) is 7.92. The smallest absolute Gasteiger partial charge is 0.251 e. The van der Waals surface area contributed by atoms with Crippen molar-refractivity contribution in [1.82, 2.24) is 14.9 Å². The molecular weight excluding hydrogens is 317 g/mol. The van der Waals surface area contributed by atoms with Gasteiger partial charge in [-0.05, 0) is 49.2 Å². The maximum absolute atomic E-state index is 12.9. The van der Waals surface area contributed by atoms with Crippen molar-refractivity contribution >= 4 is 16.9 Å². The zero-order valence-corrected chi connectivity index (χ0v) is 14.3. The van der Waals surface area contributed by atoms with Gasteiger partial charge in [0.15, 0.2) is 0 Å². The summed E-state index contributed by atoms with van der Waals surface area (Å²) in [5.74, 6) is 0.535. The van der Waals surface area contributed by atoms with Crippen molar-refractivity contribution in [3.63, 3.8) is 0 Å². The summed E-state index contributed by atoms with van der Waals surface area (Å²) in [7, 11) is 0. The summed E-state index contributed by atoms with van der Waals surface area (Å²) in [4.78, 5) is 16.7. The Morgan fingerprint density at radius 3 is 2.68 bits per heavy atom. The highest BCUT2D eigenvalue weighted by Crippen LogP contribution is 2.17. The third kappa shape index (κ3) is 4.05. The number of rotatable bonds is 7. The molecule has 0 spiro atoms. The fourth-order valence-electron chi connectivity index (χ4n) is 2.94. The summed E-state index contributed by atoms with van der Waals surface area (Å²) < 4.78 is 15.2. The number of carbonyl (C=O) groups excluding carboxylic acids is 1. The predicted octanol–water partition coefficient (Wildman–Crippen LogP) is 3.95. The van der Waals surface area contributed by atoms with E-state index in [1.54, 1.807) is 0 Å². The van der Waals surface area contributed by atoms with E-state index in [-0.39, 0.29) is 11.7 Å². The lowest BCUT2D eigenvalue weighted by atomic mass is 10.2. The SMILES string of the molecule is CCCn1c(CCCNC(=O)c2ccc(F)cc2)nc2ccccc21. The average Bonchev–Trinajstić information content (AvgIpc) is 2.97. The normalized spacial score (nSPS) is 11.0. The van der Waals surface area contributed by atoms with Crippen molar-refractivity contribution in [2.45, 2.75) is 32.7 Å². The van der Waals surface area contributed by atoms with Gasteiger partial charge >= 0.3 is 0 Å². The molecule has 0 aliphatic carbocycles. The minimum Gasteiger partial charge on any atom is -0.352 e. The molecule has 0 fully saturated rings. The number of hydrogen-bond acceptors (Lipinski definition) is 2. The molecule has 0 atom stereocenters. The van der Waals surface area contributed by atoms with Crippen LogP contribution in [0.1, 0.15) is 35.9 Å². The first-order chi connectivity index (χ1) is 12.2. The molecule has 3 aromatic rings. The number of imidazole rings is 1. The number of hydrogen-bond donors (Lipinski definition) is 1. The Balaban J connectivity index is 1.58. The molecule has 0 saturated heterocycles. The van der Waals surface area contributed by atoms with Crippen molar-refractivity contribution in [2.75, 3.05) is 6.54 Å². The Hall–Kier alpha value is -2.69. The molecule has 0 aliphatic heterocycles. The van der Waals surface area contributed by atoms with Crippen LogP contribution in [-0.2, 0) is 13.0 Å². The van der Waals surface area contributed by atoms with Gasteiger partial charge < -0.3 is 9.88 Å². The molecule has 0 unspecified atom stereocenters. The van der Waals surface area contributed by atoms with Crippen LogP contribution in [0, 0.1) is 5.82 Å². The van der Waals surface area contributed by atoms with Gasteiger partial charge in [0.05, 0.1) is 11.0 Å². The van der Waals surface area contributed by atoms with Gasteiger partial charge in [-0.15, -0.1) is 0 Å². The Kier molecular flexibility index (Phi) is 5.43. The van der Waals surface area contributed by atoms with Crippen LogP contribution in [0.4, 0.5) is 4.39 Å². The molecule has 5 heteroatoms. The van der Waals surface area contributed by atoms with Crippen LogP contribution in [0.25, 0.3) is 11.0 Å². The fraction of sp³-hybridized carbons (Fsp3) is 0.300. The lowest BCUT2D eigenvalue weighted by molar-refractivity contribution is 0.0953.